The van der Waals surface area contributed by atoms with Gasteiger partial charge < -0.3 is 9.47 Å². The second kappa shape index (κ2) is 6.74. The third-order valence-electron chi connectivity index (χ3n) is 8.65. The second-order valence-corrected chi connectivity index (χ2v) is 11.2. The Kier molecular flexibility index (Phi) is 4.87. The van der Waals surface area contributed by atoms with E-state index in [0.717, 1.165) is 64.2 Å². The minimum absolute atomic E-state index is 0.0144. The molecule has 4 heteroatoms. The van der Waals surface area contributed by atoms with Crippen LogP contribution in [0, 0.1) is 22.7 Å². The van der Waals surface area contributed by atoms with Crippen molar-refractivity contribution in [3.63, 3.8) is 0 Å². The van der Waals surface area contributed by atoms with Crippen molar-refractivity contribution in [3.05, 3.63) is 0 Å². The molecule has 4 bridgehead atoms. The standard InChI is InChI=1S/C24H38O4/c1-5-21(3,4)19(25)27-24-14-17-11-18(15-24)13-22(12-17,16-24)20(26)28-23(6-2)9-7-8-10-23/h17-18H,5-16H2,1-4H3. The molecular weight excluding hydrogens is 352 g/mol. The quantitative estimate of drug-likeness (QED) is 0.556. The summed E-state index contributed by atoms with van der Waals surface area (Å²) in [6.45, 7) is 8.11. The van der Waals surface area contributed by atoms with Crippen molar-refractivity contribution < 1.29 is 19.1 Å². The molecule has 0 aromatic heterocycles. The Morgan fingerprint density at radius 3 is 2.11 bits per heavy atom. The highest BCUT2D eigenvalue weighted by molar-refractivity contribution is 5.79. The predicted octanol–water partition coefficient (Wildman–Crippen LogP) is 5.57. The first-order valence-corrected chi connectivity index (χ1v) is 11.6. The Balaban J connectivity index is 1.55. The zero-order valence-corrected chi connectivity index (χ0v) is 18.3. The van der Waals surface area contributed by atoms with E-state index in [1.165, 1.54) is 6.42 Å². The summed E-state index contributed by atoms with van der Waals surface area (Å²) in [7, 11) is 0. The van der Waals surface area contributed by atoms with Gasteiger partial charge in [0.15, 0.2) is 0 Å². The zero-order valence-electron chi connectivity index (χ0n) is 18.3. The van der Waals surface area contributed by atoms with Gasteiger partial charge in [0, 0.05) is 6.42 Å². The van der Waals surface area contributed by atoms with Gasteiger partial charge in [-0.1, -0.05) is 13.8 Å². The fourth-order valence-electron chi connectivity index (χ4n) is 6.87. The Labute approximate surface area is 170 Å². The van der Waals surface area contributed by atoms with Crippen molar-refractivity contribution in [3.8, 4) is 0 Å². The second-order valence-electron chi connectivity index (χ2n) is 11.2. The van der Waals surface area contributed by atoms with Crippen molar-refractivity contribution in [2.45, 2.75) is 116 Å². The van der Waals surface area contributed by atoms with E-state index >= 15 is 0 Å². The van der Waals surface area contributed by atoms with Crippen LogP contribution in [0.2, 0.25) is 0 Å². The Bertz CT molecular complexity index is 629. The van der Waals surface area contributed by atoms with Gasteiger partial charge in [-0.2, -0.15) is 0 Å². The number of ether oxygens (including phenoxy) is 2. The summed E-state index contributed by atoms with van der Waals surface area (Å²) >= 11 is 0. The average Bonchev–Trinajstić information content (AvgIpc) is 3.09. The van der Waals surface area contributed by atoms with Crippen LogP contribution < -0.4 is 0 Å². The lowest BCUT2D eigenvalue weighted by Gasteiger charge is -2.60. The first-order chi connectivity index (χ1) is 13.2. The van der Waals surface area contributed by atoms with Crippen molar-refractivity contribution in [1.82, 2.24) is 0 Å². The zero-order chi connectivity index (χ0) is 20.2. The molecule has 0 aromatic rings. The molecule has 0 saturated heterocycles. The summed E-state index contributed by atoms with van der Waals surface area (Å²) in [6, 6.07) is 0. The minimum Gasteiger partial charge on any atom is -0.459 e. The van der Waals surface area contributed by atoms with Crippen LogP contribution in [-0.4, -0.2) is 23.1 Å². The van der Waals surface area contributed by atoms with Crippen molar-refractivity contribution in [2.75, 3.05) is 0 Å². The highest BCUT2D eigenvalue weighted by atomic mass is 16.6. The monoisotopic (exact) mass is 390 g/mol. The average molecular weight is 391 g/mol. The number of carbonyl (C=O) groups excluding carboxylic acids is 2. The van der Waals surface area contributed by atoms with E-state index in [-0.39, 0.29) is 17.5 Å². The molecule has 28 heavy (non-hydrogen) atoms. The van der Waals surface area contributed by atoms with Gasteiger partial charge in [-0.05, 0) is 96.3 Å². The molecule has 0 heterocycles. The van der Waals surface area contributed by atoms with Gasteiger partial charge in [0.1, 0.15) is 11.2 Å². The maximum Gasteiger partial charge on any atom is 0.312 e. The van der Waals surface area contributed by atoms with E-state index in [1.807, 2.05) is 20.8 Å². The minimum atomic E-state index is -0.465. The van der Waals surface area contributed by atoms with Crippen LogP contribution in [0.1, 0.15) is 105 Å². The number of hydrogen-bond acceptors (Lipinski definition) is 4. The lowest BCUT2D eigenvalue weighted by molar-refractivity contribution is -0.223. The van der Waals surface area contributed by atoms with E-state index in [2.05, 4.69) is 6.92 Å². The third kappa shape index (κ3) is 3.29. The molecule has 5 aliphatic carbocycles. The third-order valence-corrected chi connectivity index (χ3v) is 8.65. The van der Waals surface area contributed by atoms with Crippen molar-refractivity contribution in [1.29, 1.82) is 0 Å². The van der Waals surface area contributed by atoms with Crippen LogP contribution in [0.4, 0.5) is 0 Å². The number of esters is 2. The van der Waals surface area contributed by atoms with Gasteiger partial charge >= 0.3 is 11.9 Å². The van der Waals surface area contributed by atoms with Crippen LogP contribution in [0.3, 0.4) is 0 Å². The summed E-state index contributed by atoms with van der Waals surface area (Å²) in [5.41, 5.74) is -1.57. The maximum absolute atomic E-state index is 13.5. The van der Waals surface area contributed by atoms with Crippen LogP contribution >= 0.6 is 0 Å². The Morgan fingerprint density at radius 2 is 1.57 bits per heavy atom. The van der Waals surface area contributed by atoms with E-state index in [1.54, 1.807) is 0 Å². The molecule has 2 atom stereocenters. The van der Waals surface area contributed by atoms with Gasteiger partial charge in [0.05, 0.1) is 10.8 Å². The molecule has 4 nitrogen and oxygen atoms in total. The maximum atomic E-state index is 13.5. The molecule has 5 saturated carbocycles. The van der Waals surface area contributed by atoms with E-state index in [9.17, 15) is 9.59 Å². The summed E-state index contributed by atoms with van der Waals surface area (Å²) in [4.78, 5) is 26.4. The van der Waals surface area contributed by atoms with Crippen LogP contribution in [0.15, 0.2) is 0 Å². The SMILES string of the molecule is CCC1(OC(=O)C23CC4CC(CC(OC(=O)C(C)(C)CC)(C4)C2)C3)CCCC1. The van der Waals surface area contributed by atoms with Crippen molar-refractivity contribution in [2.24, 2.45) is 22.7 Å². The van der Waals surface area contributed by atoms with Crippen LogP contribution in [0.5, 0.6) is 0 Å². The normalized spacial score (nSPS) is 38.4. The molecule has 0 radical (unpaired) electrons. The van der Waals surface area contributed by atoms with Crippen LogP contribution in [0.25, 0.3) is 0 Å². The van der Waals surface area contributed by atoms with Crippen LogP contribution in [-0.2, 0) is 19.1 Å². The van der Waals surface area contributed by atoms with Gasteiger partial charge in [0.2, 0.25) is 0 Å². The molecular formula is C24H38O4. The Morgan fingerprint density at radius 1 is 0.964 bits per heavy atom. The smallest absolute Gasteiger partial charge is 0.312 e. The molecule has 5 rings (SSSR count). The largest absolute Gasteiger partial charge is 0.459 e. The molecule has 0 aliphatic heterocycles. The Hall–Kier alpha value is -1.06. The highest BCUT2D eigenvalue weighted by Gasteiger charge is 2.64. The van der Waals surface area contributed by atoms with Gasteiger partial charge in [-0.25, -0.2) is 0 Å². The number of rotatable bonds is 6. The lowest BCUT2D eigenvalue weighted by Crippen LogP contribution is -2.61. The van der Waals surface area contributed by atoms with E-state index in [0.29, 0.717) is 18.3 Å². The fourth-order valence-corrected chi connectivity index (χ4v) is 6.87. The first kappa shape index (κ1) is 20.2. The van der Waals surface area contributed by atoms with Gasteiger partial charge in [-0.3, -0.25) is 9.59 Å². The summed E-state index contributed by atoms with van der Waals surface area (Å²) in [6.07, 6.45) is 11.6. The number of carbonyl (C=O) groups is 2. The molecule has 0 N–H and O–H groups in total. The lowest BCUT2D eigenvalue weighted by atomic mass is 9.47. The first-order valence-electron chi connectivity index (χ1n) is 11.6. The molecule has 158 valence electrons. The molecule has 5 aliphatic rings. The van der Waals surface area contributed by atoms with Gasteiger partial charge in [0.25, 0.3) is 0 Å². The summed E-state index contributed by atoms with van der Waals surface area (Å²) in [5.74, 6) is 0.904. The van der Waals surface area contributed by atoms with Crippen molar-refractivity contribution >= 4 is 11.9 Å². The topological polar surface area (TPSA) is 52.6 Å². The molecule has 0 aromatic carbocycles. The predicted molar refractivity (Wildman–Crippen MR) is 108 cm³/mol. The molecule has 0 amide bonds. The highest BCUT2D eigenvalue weighted by Crippen LogP contribution is 2.63. The van der Waals surface area contributed by atoms with E-state index in [4.69, 9.17) is 9.47 Å². The molecule has 2 unspecified atom stereocenters. The van der Waals surface area contributed by atoms with Gasteiger partial charge in [-0.15, -0.1) is 0 Å². The van der Waals surface area contributed by atoms with E-state index < -0.39 is 16.4 Å². The summed E-state index contributed by atoms with van der Waals surface area (Å²) in [5, 5.41) is 0. The molecule has 0 spiro atoms. The number of hydrogen-bond donors (Lipinski definition) is 0. The molecule has 5 fully saturated rings. The fraction of sp³-hybridized carbons (Fsp3) is 0.917. The summed E-state index contributed by atoms with van der Waals surface area (Å²) < 4.78 is 12.5.